The average molecular weight is 416 g/mol. The molecule has 0 saturated heterocycles. The van der Waals surface area contributed by atoms with Gasteiger partial charge in [0.25, 0.3) is 18.2 Å². The summed E-state index contributed by atoms with van der Waals surface area (Å²) in [6.07, 6.45) is -0.0148. The van der Waals surface area contributed by atoms with Crippen LogP contribution in [0.1, 0.15) is 28.5 Å². The summed E-state index contributed by atoms with van der Waals surface area (Å²) >= 11 is 0. The van der Waals surface area contributed by atoms with Gasteiger partial charge in [0.05, 0.1) is 6.33 Å². The first kappa shape index (κ1) is 22.6. The van der Waals surface area contributed by atoms with Gasteiger partial charge in [-0.15, -0.1) is 0 Å². The highest BCUT2D eigenvalue weighted by Crippen LogP contribution is 2.20. The van der Waals surface area contributed by atoms with Crippen LogP contribution in [0.2, 0.25) is 0 Å². The molecule has 4 N–H and O–H groups in total. The second-order valence-electron chi connectivity index (χ2n) is 6.41. The molecule has 0 aliphatic carbocycles. The van der Waals surface area contributed by atoms with E-state index in [0.717, 1.165) is 5.48 Å². The number of benzene rings is 1. The quantitative estimate of drug-likeness (QED) is 0.321. The molecule has 30 heavy (non-hydrogen) atoms. The fourth-order valence-electron chi connectivity index (χ4n) is 2.26. The molecule has 2 amide bonds. The van der Waals surface area contributed by atoms with E-state index in [2.05, 4.69) is 28.7 Å². The van der Waals surface area contributed by atoms with Gasteiger partial charge in [-0.05, 0) is 49.0 Å². The molecule has 0 radical (unpaired) electrons. The molecule has 1 aromatic heterocycles. The highest BCUT2D eigenvalue weighted by atomic mass is 19.3. The first-order valence-corrected chi connectivity index (χ1v) is 8.50. The summed E-state index contributed by atoms with van der Waals surface area (Å²) in [5.41, 5.74) is -0.621. The Labute approximate surface area is 170 Å². The number of hydroxylamine groups is 1. The fraction of sp³-hybridized carbons (Fsp3) is 0.250. The number of nitrogens with one attached hydrogen (secondary N) is 2. The predicted molar refractivity (Wildman–Crippen MR) is 101 cm³/mol. The van der Waals surface area contributed by atoms with Crippen LogP contribution in [0.5, 0.6) is 0 Å². The zero-order chi connectivity index (χ0) is 22.3. The number of amides is 2. The first-order valence-electron chi connectivity index (χ1n) is 8.50. The van der Waals surface area contributed by atoms with E-state index < -0.39 is 29.9 Å². The maximum Gasteiger partial charge on any atom is 0.269 e. The molecular weight excluding hydrogens is 398 g/mol. The molecule has 8 nitrogen and oxygen atoms in total. The van der Waals surface area contributed by atoms with Crippen molar-refractivity contribution in [1.29, 1.82) is 0 Å². The van der Waals surface area contributed by atoms with Crippen LogP contribution >= 0.6 is 0 Å². The molecule has 0 aliphatic rings. The van der Waals surface area contributed by atoms with Crippen molar-refractivity contribution in [1.82, 2.24) is 20.3 Å². The van der Waals surface area contributed by atoms with Gasteiger partial charge in [0, 0.05) is 24.4 Å². The molecule has 0 saturated carbocycles. The normalized spacial score (nSPS) is 13.2. The van der Waals surface area contributed by atoms with Crippen LogP contribution in [0.3, 0.4) is 0 Å². The van der Waals surface area contributed by atoms with Crippen LogP contribution in [0.25, 0.3) is 0 Å². The van der Waals surface area contributed by atoms with E-state index in [4.69, 9.17) is 5.21 Å². The Kier molecular flexibility index (Phi) is 7.26. The number of aryl methyl sites for hydroxylation is 1. The number of imidazole rings is 1. The molecular formula is C20H18F2N4O4. The van der Waals surface area contributed by atoms with Gasteiger partial charge in [0.15, 0.2) is 5.60 Å². The number of aromatic nitrogens is 2. The van der Waals surface area contributed by atoms with Gasteiger partial charge in [-0.25, -0.2) is 19.2 Å². The van der Waals surface area contributed by atoms with E-state index in [1.54, 1.807) is 17.1 Å². The molecule has 10 heteroatoms. The SMILES string of the molecule is Cn1cnc(C#CC#Cc2ccc(C(=O)N[C@H](C(=O)NO)C(C)(O)C(F)F)cc2)c1. The molecule has 1 unspecified atom stereocenters. The van der Waals surface area contributed by atoms with Crippen LogP contribution in [0, 0.1) is 23.7 Å². The highest BCUT2D eigenvalue weighted by Gasteiger charge is 2.46. The summed E-state index contributed by atoms with van der Waals surface area (Å²) in [6.45, 7) is 0.669. The minimum absolute atomic E-state index is 0.0286. The zero-order valence-corrected chi connectivity index (χ0v) is 16.0. The molecule has 1 aromatic carbocycles. The van der Waals surface area contributed by atoms with Crippen molar-refractivity contribution < 1.29 is 28.7 Å². The van der Waals surface area contributed by atoms with Gasteiger partial charge in [0.2, 0.25) is 0 Å². The Balaban J connectivity index is 2.10. The van der Waals surface area contributed by atoms with Gasteiger partial charge >= 0.3 is 0 Å². The molecule has 1 heterocycles. The number of rotatable bonds is 5. The van der Waals surface area contributed by atoms with Crippen molar-refractivity contribution in [2.24, 2.45) is 7.05 Å². The Hall–Kier alpha value is -3.73. The average Bonchev–Trinajstić information content (AvgIpc) is 3.13. The Morgan fingerprint density at radius 3 is 2.37 bits per heavy atom. The number of hydrogen-bond acceptors (Lipinski definition) is 5. The van der Waals surface area contributed by atoms with Crippen molar-refractivity contribution in [2.75, 3.05) is 0 Å². The maximum absolute atomic E-state index is 13.0. The Morgan fingerprint density at radius 1 is 1.20 bits per heavy atom. The van der Waals surface area contributed by atoms with Crippen LogP contribution in [-0.2, 0) is 11.8 Å². The summed E-state index contributed by atoms with van der Waals surface area (Å²) in [5.74, 6) is 8.52. The van der Waals surface area contributed by atoms with Gasteiger partial charge in [0.1, 0.15) is 11.7 Å². The first-order chi connectivity index (χ1) is 14.1. The topological polar surface area (TPSA) is 116 Å². The van der Waals surface area contributed by atoms with Crippen LogP contribution < -0.4 is 10.8 Å². The Bertz CT molecular complexity index is 1040. The van der Waals surface area contributed by atoms with E-state index in [-0.39, 0.29) is 5.56 Å². The largest absolute Gasteiger partial charge is 0.381 e. The lowest BCUT2D eigenvalue weighted by Gasteiger charge is -2.30. The minimum atomic E-state index is -3.36. The zero-order valence-electron chi connectivity index (χ0n) is 16.0. The minimum Gasteiger partial charge on any atom is -0.381 e. The third-order valence-corrected chi connectivity index (χ3v) is 3.99. The third-order valence-electron chi connectivity index (χ3n) is 3.99. The number of carbonyl (C=O) groups is 2. The van der Waals surface area contributed by atoms with E-state index >= 15 is 0 Å². The van der Waals surface area contributed by atoms with Crippen LogP contribution in [-0.4, -0.2) is 49.7 Å². The van der Waals surface area contributed by atoms with Crippen LogP contribution in [0.4, 0.5) is 8.78 Å². The number of nitrogens with zero attached hydrogens (tertiary/aromatic N) is 2. The van der Waals surface area contributed by atoms with Gasteiger partial charge in [-0.1, -0.05) is 5.92 Å². The molecule has 0 fully saturated rings. The van der Waals surface area contributed by atoms with E-state index in [9.17, 15) is 23.5 Å². The van der Waals surface area contributed by atoms with Gasteiger partial charge < -0.3 is 15.0 Å². The lowest BCUT2D eigenvalue weighted by atomic mass is 9.95. The highest BCUT2D eigenvalue weighted by molar-refractivity contribution is 5.97. The molecule has 156 valence electrons. The summed E-state index contributed by atoms with van der Waals surface area (Å²) < 4.78 is 27.8. The van der Waals surface area contributed by atoms with Gasteiger partial charge in [-0.2, -0.15) is 0 Å². The third kappa shape index (κ3) is 5.64. The molecule has 2 aromatic rings. The summed E-state index contributed by atoms with van der Waals surface area (Å²) in [4.78, 5) is 27.9. The van der Waals surface area contributed by atoms with Crippen molar-refractivity contribution >= 4 is 11.8 Å². The van der Waals surface area contributed by atoms with E-state index in [1.807, 2.05) is 12.4 Å². The summed E-state index contributed by atoms with van der Waals surface area (Å²) in [7, 11) is 1.81. The number of carbonyl (C=O) groups excluding carboxylic acids is 2. The number of aliphatic hydroxyl groups is 1. The van der Waals surface area contributed by atoms with Crippen molar-refractivity contribution in [3.63, 3.8) is 0 Å². The van der Waals surface area contributed by atoms with Crippen LogP contribution in [0.15, 0.2) is 36.8 Å². The fourth-order valence-corrected chi connectivity index (χ4v) is 2.26. The molecule has 2 rings (SSSR count). The van der Waals surface area contributed by atoms with E-state index in [1.165, 1.54) is 24.3 Å². The smallest absolute Gasteiger partial charge is 0.269 e. The van der Waals surface area contributed by atoms with Crippen molar-refractivity contribution in [3.05, 3.63) is 53.6 Å². The molecule has 0 bridgehead atoms. The lowest BCUT2D eigenvalue weighted by molar-refractivity contribution is -0.149. The standard InChI is InChI=1S/C20H18F2N4O4/c1-20(29,19(21)22)16(18(28)25-30)24-17(27)14-9-7-13(8-10-14)5-3-4-6-15-11-26(2)12-23-15/h7-12,16,19,29-30H,1-2H3,(H,24,27)(H,25,28)/t16-,20?/m1/s1. The maximum atomic E-state index is 13.0. The number of alkyl halides is 2. The Morgan fingerprint density at radius 2 is 1.83 bits per heavy atom. The number of hydrogen-bond donors (Lipinski definition) is 4. The van der Waals surface area contributed by atoms with E-state index in [0.29, 0.717) is 18.2 Å². The van der Waals surface area contributed by atoms with Crippen molar-refractivity contribution in [2.45, 2.75) is 25.0 Å². The van der Waals surface area contributed by atoms with Gasteiger partial charge in [-0.3, -0.25) is 14.8 Å². The summed E-state index contributed by atoms with van der Waals surface area (Å²) in [6, 6.07) is 3.62. The molecule has 2 atom stereocenters. The molecule has 0 spiro atoms. The second-order valence-corrected chi connectivity index (χ2v) is 6.41. The number of halogens is 2. The second kappa shape index (κ2) is 9.65. The lowest BCUT2D eigenvalue weighted by Crippen LogP contribution is -2.61. The molecule has 0 aliphatic heterocycles. The summed E-state index contributed by atoms with van der Waals surface area (Å²) in [5, 5.41) is 20.5. The monoisotopic (exact) mass is 416 g/mol. The van der Waals surface area contributed by atoms with Crippen molar-refractivity contribution in [3.8, 4) is 23.7 Å². The predicted octanol–water partition coefficient (Wildman–Crippen LogP) is 0.443.